The maximum Gasteiger partial charge on any atom is 0.244 e. The summed E-state index contributed by atoms with van der Waals surface area (Å²) >= 11 is 12.1. The van der Waals surface area contributed by atoms with Gasteiger partial charge in [0.25, 0.3) is 0 Å². The Labute approximate surface area is 149 Å². The number of anilines is 1. The predicted molar refractivity (Wildman–Crippen MR) is 98.3 cm³/mol. The number of nitrogens with one attached hydrogen (secondary N) is 1. The molecule has 0 atom stereocenters. The molecule has 24 heavy (non-hydrogen) atoms. The number of rotatable bonds is 4. The number of aromatic nitrogens is 1. The third kappa shape index (κ3) is 3.35. The van der Waals surface area contributed by atoms with Crippen molar-refractivity contribution in [1.29, 1.82) is 0 Å². The fourth-order valence-electron chi connectivity index (χ4n) is 2.58. The van der Waals surface area contributed by atoms with Crippen molar-refractivity contribution in [3.05, 3.63) is 58.2 Å². The summed E-state index contributed by atoms with van der Waals surface area (Å²) in [7, 11) is 1.54. The number of ether oxygens (including phenoxy) is 1. The summed E-state index contributed by atoms with van der Waals surface area (Å²) in [6.45, 7) is 2.07. The van der Waals surface area contributed by atoms with Crippen LogP contribution < -0.4 is 10.1 Å². The van der Waals surface area contributed by atoms with Gasteiger partial charge in [0.05, 0.1) is 12.8 Å². The Hall–Kier alpha value is -2.17. The third-order valence-electron chi connectivity index (χ3n) is 3.80. The topological polar surface area (TPSA) is 43.3 Å². The molecule has 1 aromatic heterocycles. The van der Waals surface area contributed by atoms with E-state index < -0.39 is 0 Å². The van der Waals surface area contributed by atoms with E-state index in [0.717, 1.165) is 16.5 Å². The lowest BCUT2D eigenvalue weighted by molar-refractivity contribution is -0.116. The van der Waals surface area contributed by atoms with Crippen molar-refractivity contribution in [2.45, 2.75) is 13.5 Å². The molecule has 0 unspecified atom stereocenters. The van der Waals surface area contributed by atoms with Gasteiger partial charge in [-0.2, -0.15) is 0 Å². The van der Waals surface area contributed by atoms with Crippen LogP contribution in [0.15, 0.2) is 42.6 Å². The number of methoxy groups -OCH3 is 1. The summed E-state index contributed by atoms with van der Waals surface area (Å²) in [4.78, 5) is 12.4. The Kier molecular flexibility index (Phi) is 4.69. The largest absolute Gasteiger partial charge is 0.495 e. The fraction of sp³-hybridized carbons (Fsp3) is 0.167. The first-order valence-corrected chi connectivity index (χ1v) is 8.12. The average Bonchev–Trinajstić information content (AvgIpc) is 2.92. The van der Waals surface area contributed by atoms with Crippen LogP contribution in [0.4, 0.5) is 5.69 Å². The normalized spacial score (nSPS) is 10.8. The van der Waals surface area contributed by atoms with Gasteiger partial charge in [0, 0.05) is 33.2 Å². The van der Waals surface area contributed by atoms with Crippen LogP contribution in [0.5, 0.6) is 5.75 Å². The van der Waals surface area contributed by atoms with Crippen LogP contribution in [0.25, 0.3) is 10.9 Å². The van der Waals surface area contributed by atoms with Crippen molar-refractivity contribution < 1.29 is 9.53 Å². The molecule has 0 saturated carbocycles. The molecule has 0 bridgehead atoms. The van der Waals surface area contributed by atoms with Crippen molar-refractivity contribution in [3.63, 3.8) is 0 Å². The van der Waals surface area contributed by atoms with Crippen molar-refractivity contribution >= 4 is 45.7 Å². The van der Waals surface area contributed by atoms with E-state index in [1.54, 1.807) is 19.2 Å². The lowest BCUT2D eigenvalue weighted by Gasteiger charge is -2.13. The Morgan fingerprint density at radius 3 is 2.75 bits per heavy atom. The minimum absolute atomic E-state index is 0.150. The Morgan fingerprint density at radius 1 is 1.21 bits per heavy atom. The molecule has 3 aromatic rings. The second kappa shape index (κ2) is 6.75. The molecule has 0 fully saturated rings. The van der Waals surface area contributed by atoms with Gasteiger partial charge in [0.1, 0.15) is 12.3 Å². The highest BCUT2D eigenvalue weighted by Gasteiger charge is 2.12. The molecule has 0 aliphatic carbocycles. The number of halogens is 2. The highest BCUT2D eigenvalue weighted by molar-refractivity contribution is 6.31. The molecule has 0 aliphatic heterocycles. The number of benzene rings is 2. The molecule has 0 aliphatic rings. The molecule has 0 radical (unpaired) electrons. The van der Waals surface area contributed by atoms with Crippen LogP contribution in [-0.2, 0) is 11.3 Å². The van der Waals surface area contributed by atoms with Crippen LogP contribution in [0.3, 0.4) is 0 Å². The molecule has 2 aromatic carbocycles. The second-order valence-corrected chi connectivity index (χ2v) is 6.34. The van der Waals surface area contributed by atoms with Crippen molar-refractivity contribution in [2.24, 2.45) is 0 Å². The smallest absolute Gasteiger partial charge is 0.244 e. The number of hydrogen-bond acceptors (Lipinski definition) is 2. The second-order valence-electron chi connectivity index (χ2n) is 5.50. The minimum atomic E-state index is -0.150. The van der Waals surface area contributed by atoms with E-state index in [9.17, 15) is 4.79 Å². The van der Waals surface area contributed by atoms with Crippen LogP contribution in [0.1, 0.15) is 5.56 Å². The number of nitrogens with zero attached hydrogens (tertiary/aromatic N) is 1. The van der Waals surface area contributed by atoms with E-state index >= 15 is 0 Å². The van der Waals surface area contributed by atoms with E-state index in [0.29, 0.717) is 21.5 Å². The number of fused-ring (bicyclic) bond motifs is 1. The maximum absolute atomic E-state index is 12.4. The highest BCUT2D eigenvalue weighted by atomic mass is 35.5. The summed E-state index contributed by atoms with van der Waals surface area (Å²) in [5.74, 6) is 0.380. The summed E-state index contributed by atoms with van der Waals surface area (Å²) in [5.41, 5.74) is 2.42. The summed E-state index contributed by atoms with van der Waals surface area (Å²) < 4.78 is 7.15. The van der Waals surface area contributed by atoms with E-state index in [-0.39, 0.29) is 12.5 Å². The predicted octanol–water partition coefficient (Wildman–Crippen LogP) is 4.90. The lowest BCUT2D eigenvalue weighted by atomic mass is 10.2. The van der Waals surface area contributed by atoms with Crippen LogP contribution in [0, 0.1) is 6.92 Å². The summed E-state index contributed by atoms with van der Waals surface area (Å²) in [6, 6.07) is 11.0. The standard InChI is InChI=1S/C18H16Cl2N2O2/c1-11-7-15(17(24-2)9-14(11)20)21-18(23)10-22-6-5-12-8-13(19)3-4-16(12)22/h3-9H,10H2,1-2H3,(H,21,23). The van der Waals surface area contributed by atoms with Crippen LogP contribution in [-0.4, -0.2) is 17.6 Å². The average molecular weight is 363 g/mol. The number of carbonyl (C=O) groups excluding carboxylic acids is 1. The van der Waals surface area contributed by atoms with Gasteiger partial charge < -0.3 is 14.6 Å². The molecular weight excluding hydrogens is 347 g/mol. The van der Waals surface area contributed by atoms with Gasteiger partial charge in [-0.25, -0.2) is 0 Å². The lowest BCUT2D eigenvalue weighted by Crippen LogP contribution is -2.18. The molecule has 0 spiro atoms. The van der Waals surface area contributed by atoms with E-state index in [1.165, 1.54) is 0 Å². The van der Waals surface area contributed by atoms with Crippen molar-refractivity contribution in [2.75, 3.05) is 12.4 Å². The Bertz CT molecular complexity index is 919. The fourth-order valence-corrected chi connectivity index (χ4v) is 2.92. The molecule has 3 rings (SSSR count). The van der Waals surface area contributed by atoms with Gasteiger partial charge in [0.15, 0.2) is 0 Å². The zero-order valence-electron chi connectivity index (χ0n) is 13.3. The Balaban J connectivity index is 1.81. The first-order chi connectivity index (χ1) is 11.5. The minimum Gasteiger partial charge on any atom is -0.495 e. The van der Waals surface area contributed by atoms with Gasteiger partial charge >= 0.3 is 0 Å². The number of amides is 1. The first-order valence-electron chi connectivity index (χ1n) is 7.36. The van der Waals surface area contributed by atoms with E-state index in [2.05, 4.69) is 5.32 Å². The van der Waals surface area contributed by atoms with E-state index in [1.807, 2.05) is 42.0 Å². The van der Waals surface area contributed by atoms with Gasteiger partial charge in [-0.1, -0.05) is 23.2 Å². The molecule has 1 N–H and O–H groups in total. The molecule has 6 heteroatoms. The molecule has 4 nitrogen and oxygen atoms in total. The van der Waals surface area contributed by atoms with Crippen LogP contribution >= 0.6 is 23.2 Å². The summed E-state index contributed by atoms with van der Waals surface area (Å²) in [5, 5.41) is 5.14. The van der Waals surface area contributed by atoms with Gasteiger partial charge in [-0.15, -0.1) is 0 Å². The zero-order chi connectivity index (χ0) is 17.3. The third-order valence-corrected chi connectivity index (χ3v) is 4.44. The van der Waals surface area contributed by atoms with Crippen molar-refractivity contribution in [3.8, 4) is 5.75 Å². The monoisotopic (exact) mass is 362 g/mol. The molecule has 0 saturated heterocycles. The SMILES string of the molecule is COc1cc(Cl)c(C)cc1NC(=O)Cn1ccc2cc(Cl)ccc21. The van der Waals surface area contributed by atoms with Gasteiger partial charge in [-0.3, -0.25) is 4.79 Å². The molecule has 1 amide bonds. The molecular formula is C18H16Cl2N2O2. The Morgan fingerprint density at radius 2 is 2.00 bits per heavy atom. The highest BCUT2D eigenvalue weighted by Crippen LogP contribution is 2.31. The maximum atomic E-state index is 12.4. The zero-order valence-corrected chi connectivity index (χ0v) is 14.8. The molecule has 124 valence electrons. The number of carbonyl (C=O) groups is 1. The molecule has 1 heterocycles. The van der Waals surface area contributed by atoms with Gasteiger partial charge in [-0.05, 0) is 42.8 Å². The van der Waals surface area contributed by atoms with Crippen LogP contribution in [0.2, 0.25) is 10.0 Å². The quantitative estimate of drug-likeness (QED) is 0.716. The first kappa shape index (κ1) is 16.7. The number of hydrogen-bond donors (Lipinski definition) is 1. The number of aryl methyl sites for hydroxylation is 1. The van der Waals surface area contributed by atoms with Gasteiger partial charge in [0.2, 0.25) is 5.91 Å². The van der Waals surface area contributed by atoms with Crippen molar-refractivity contribution in [1.82, 2.24) is 4.57 Å². The summed E-state index contributed by atoms with van der Waals surface area (Å²) in [6.07, 6.45) is 1.87. The van der Waals surface area contributed by atoms with E-state index in [4.69, 9.17) is 27.9 Å².